The van der Waals surface area contributed by atoms with E-state index in [0.29, 0.717) is 17.2 Å². The standard InChI is InChI=1S/C20H19N3O5/c1-13(19-22-23-20(28-19)14-8-4-3-5-9-14)27-17(24)12-21-18(25)15-10-6-7-11-16(15)26-2/h3-11,13H,12H2,1-2H3,(H,21,25)/t13-/m0/s1. The van der Waals surface area contributed by atoms with Gasteiger partial charge in [0.1, 0.15) is 12.3 Å². The van der Waals surface area contributed by atoms with Crippen LogP contribution in [0.4, 0.5) is 0 Å². The summed E-state index contributed by atoms with van der Waals surface area (Å²) in [6, 6.07) is 16.0. The van der Waals surface area contributed by atoms with E-state index in [4.69, 9.17) is 13.9 Å². The van der Waals surface area contributed by atoms with Gasteiger partial charge < -0.3 is 19.2 Å². The molecule has 28 heavy (non-hydrogen) atoms. The number of esters is 1. The van der Waals surface area contributed by atoms with Crippen LogP contribution in [0.2, 0.25) is 0 Å². The minimum Gasteiger partial charge on any atom is -0.496 e. The molecule has 0 saturated heterocycles. The van der Waals surface area contributed by atoms with E-state index in [1.54, 1.807) is 31.2 Å². The summed E-state index contributed by atoms with van der Waals surface area (Å²) in [5, 5.41) is 10.4. The number of nitrogens with zero attached hydrogens (tertiary/aromatic N) is 2. The molecule has 0 aliphatic heterocycles. The molecule has 8 heteroatoms. The van der Waals surface area contributed by atoms with E-state index in [1.807, 2.05) is 30.3 Å². The molecule has 0 spiro atoms. The Morgan fingerprint density at radius 2 is 1.79 bits per heavy atom. The molecule has 1 amide bonds. The van der Waals surface area contributed by atoms with Crippen LogP contribution < -0.4 is 10.1 Å². The van der Waals surface area contributed by atoms with Crippen molar-refractivity contribution in [2.75, 3.05) is 13.7 Å². The zero-order chi connectivity index (χ0) is 19.9. The lowest BCUT2D eigenvalue weighted by Crippen LogP contribution is -2.31. The maximum absolute atomic E-state index is 12.2. The number of ether oxygens (including phenoxy) is 2. The highest BCUT2D eigenvalue weighted by Gasteiger charge is 2.20. The topological polar surface area (TPSA) is 104 Å². The second kappa shape index (κ2) is 8.81. The predicted octanol–water partition coefficient (Wildman–Crippen LogP) is 2.78. The normalized spacial score (nSPS) is 11.5. The van der Waals surface area contributed by atoms with Crippen molar-refractivity contribution >= 4 is 11.9 Å². The maximum Gasteiger partial charge on any atom is 0.326 e. The summed E-state index contributed by atoms with van der Waals surface area (Å²) in [5.74, 6) is -0.145. The Morgan fingerprint density at radius 3 is 2.54 bits per heavy atom. The van der Waals surface area contributed by atoms with Crippen LogP contribution in [0.25, 0.3) is 11.5 Å². The van der Waals surface area contributed by atoms with Gasteiger partial charge in [-0.05, 0) is 31.2 Å². The highest BCUT2D eigenvalue weighted by atomic mass is 16.6. The fourth-order valence-corrected chi connectivity index (χ4v) is 2.47. The highest BCUT2D eigenvalue weighted by molar-refractivity contribution is 5.98. The van der Waals surface area contributed by atoms with E-state index in [1.165, 1.54) is 7.11 Å². The summed E-state index contributed by atoms with van der Waals surface area (Å²) in [4.78, 5) is 24.2. The number of amides is 1. The summed E-state index contributed by atoms with van der Waals surface area (Å²) in [5.41, 5.74) is 1.10. The first-order chi connectivity index (χ1) is 13.6. The summed E-state index contributed by atoms with van der Waals surface area (Å²) in [6.07, 6.45) is -0.749. The summed E-state index contributed by atoms with van der Waals surface area (Å²) in [6.45, 7) is 1.31. The number of hydrogen-bond donors (Lipinski definition) is 1. The van der Waals surface area contributed by atoms with Gasteiger partial charge in [0, 0.05) is 5.56 Å². The molecule has 2 aromatic carbocycles. The van der Waals surface area contributed by atoms with E-state index < -0.39 is 18.0 Å². The minimum absolute atomic E-state index is 0.170. The first-order valence-electron chi connectivity index (χ1n) is 8.58. The lowest BCUT2D eigenvalue weighted by Gasteiger charge is -2.11. The second-order valence-electron chi connectivity index (χ2n) is 5.83. The molecule has 0 radical (unpaired) electrons. The molecular weight excluding hydrogens is 362 g/mol. The van der Waals surface area contributed by atoms with Crippen LogP contribution in [0.1, 0.15) is 29.3 Å². The first kappa shape index (κ1) is 19.1. The van der Waals surface area contributed by atoms with Gasteiger partial charge in [-0.3, -0.25) is 9.59 Å². The van der Waals surface area contributed by atoms with Crippen molar-refractivity contribution in [1.29, 1.82) is 0 Å². The molecule has 1 heterocycles. The van der Waals surface area contributed by atoms with Crippen LogP contribution in [-0.2, 0) is 9.53 Å². The van der Waals surface area contributed by atoms with Gasteiger partial charge in [-0.2, -0.15) is 0 Å². The smallest absolute Gasteiger partial charge is 0.326 e. The highest BCUT2D eigenvalue weighted by Crippen LogP contribution is 2.22. The third-order valence-corrected chi connectivity index (χ3v) is 3.86. The first-order valence-corrected chi connectivity index (χ1v) is 8.58. The Labute approximate surface area is 161 Å². The lowest BCUT2D eigenvalue weighted by atomic mass is 10.2. The Bertz CT molecular complexity index is 955. The average molecular weight is 381 g/mol. The number of para-hydroxylation sites is 1. The molecule has 0 bridgehead atoms. The Morgan fingerprint density at radius 1 is 1.07 bits per heavy atom. The summed E-state index contributed by atoms with van der Waals surface area (Å²) >= 11 is 0. The van der Waals surface area contributed by atoms with Gasteiger partial charge in [-0.15, -0.1) is 10.2 Å². The van der Waals surface area contributed by atoms with Crippen molar-refractivity contribution in [1.82, 2.24) is 15.5 Å². The SMILES string of the molecule is COc1ccccc1C(=O)NCC(=O)O[C@@H](C)c1nnc(-c2ccccc2)o1. The molecular formula is C20H19N3O5. The average Bonchev–Trinajstić information content (AvgIpc) is 3.23. The fraction of sp³-hybridized carbons (Fsp3) is 0.200. The zero-order valence-corrected chi connectivity index (χ0v) is 15.4. The van der Waals surface area contributed by atoms with Crippen molar-refractivity contribution in [3.05, 3.63) is 66.1 Å². The number of nitrogens with one attached hydrogen (secondary N) is 1. The maximum atomic E-state index is 12.2. The van der Waals surface area contributed by atoms with Gasteiger partial charge in [0.2, 0.25) is 5.89 Å². The number of carbonyl (C=O) groups excluding carboxylic acids is 2. The minimum atomic E-state index is -0.749. The van der Waals surface area contributed by atoms with Crippen LogP contribution in [0.5, 0.6) is 5.75 Å². The van der Waals surface area contributed by atoms with Crippen LogP contribution in [0.15, 0.2) is 59.0 Å². The van der Waals surface area contributed by atoms with E-state index in [0.717, 1.165) is 5.56 Å². The van der Waals surface area contributed by atoms with Crippen molar-refractivity contribution in [2.24, 2.45) is 0 Å². The predicted molar refractivity (Wildman–Crippen MR) is 99.6 cm³/mol. The van der Waals surface area contributed by atoms with E-state index in [2.05, 4.69) is 15.5 Å². The molecule has 0 aliphatic rings. The van der Waals surface area contributed by atoms with Gasteiger partial charge in [-0.25, -0.2) is 0 Å². The largest absolute Gasteiger partial charge is 0.496 e. The van der Waals surface area contributed by atoms with Gasteiger partial charge >= 0.3 is 5.97 Å². The number of hydrogen-bond acceptors (Lipinski definition) is 7. The Kier molecular flexibility index (Phi) is 6.01. The van der Waals surface area contributed by atoms with Gasteiger partial charge in [0.25, 0.3) is 11.8 Å². The van der Waals surface area contributed by atoms with E-state index in [-0.39, 0.29) is 12.4 Å². The molecule has 1 aromatic heterocycles. The Hall–Kier alpha value is -3.68. The number of rotatable bonds is 7. The molecule has 0 saturated carbocycles. The van der Waals surface area contributed by atoms with E-state index >= 15 is 0 Å². The Balaban J connectivity index is 1.55. The molecule has 1 N–H and O–H groups in total. The number of benzene rings is 2. The van der Waals surface area contributed by atoms with Crippen LogP contribution >= 0.6 is 0 Å². The molecule has 0 fully saturated rings. The van der Waals surface area contributed by atoms with Crippen LogP contribution in [0, 0.1) is 0 Å². The number of methoxy groups -OCH3 is 1. The molecule has 1 atom stereocenters. The van der Waals surface area contributed by atoms with Crippen molar-refractivity contribution in [2.45, 2.75) is 13.0 Å². The van der Waals surface area contributed by atoms with Crippen molar-refractivity contribution in [3.8, 4) is 17.2 Å². The number of aromatic nitrogens is 2. The number of carbonyl (C=O) groups is 2. The monoisotopic (exact) mass is 381 g/mol. The van der Waals surface area contributed by atoms with E-state index in [9.17, 15) is 9.59 Å². The summed E-state index contributed by atoms with van der Waals surface area (Å²) in [7, 11) is 1.47. The van der Waals surface area contributed by atoms with Gasteiger partial charge in [0.15, 0.2) is 6.10 Å². The molecule has 144 valence electrons. The second-order valence-corrected chi connectivity index (χ2v) is 5.83. The molecule has 0 aliphatic carbocycles. The zero-order valence-electron chi connectivity index (χ0n) is 15.4. The van der Waals surface area contributed by atoms with Gasteiger partial charge in [0.05, 0.1) is 12.7 Å². The van der Waals surface area contributed by atoms with Crippen molar-refractivity contribution in [3.63, 3.8) is 0 Å². The molecule has 0 unspecified atom stereocenters. The van der Waals surface area contributed by atoms with Crippen LogP contribution in [-0.4, -0.2) is 35.7 Å². The third kappa shape index (κ3) is 4.53. The van der Waals surface area contributed by atoms with Crippen LogP contribution in [0.3, 0.4) is 0 Å². The molecule has 3 aromatic rings. The third-order valence-electron chi connectivity index (χ3n) is 3.86. The molecule has 8 nitrogen and oxygen atoms in total. The molecule has 3 rings (SSSR count). The van der Waals surface area contributed by atoms with Gasteiger partial charge in [-0.1, -0.05) is 30.3 Å². The summed E-state index contributed by atoms with van der Waals surface area (Å²) < 4.78 is 15.9. The fourth-order valence-electron chi connectivity index (χ4n) is 2.47. The lowest BCUT2D eigenvalue weighted by molar-refractivity contribution is -0.148. The quantitative estimate of drug-likeness (QED) is 0.628. The van der Waals surface area contributed by atoms with Crippen molar-refractivity contribution < 1.29 is 23.5 Å².